The van der Waals surface area contributed by atoms with Gasteiger partial charge in [0.25, 0.3) is 0 Å². The van der Waals surface area contributed by atoms with Crippen LogP contribution in [-0.4, -0.2) is 33.2 Å². The summed E-state index contributed by atoms with van der Waals surface area (Å²) < 4.78 is 27.9. The first-order chi connectivity index (χ1) is 9.86. The van der Waals surface area contributed by atoms with Crippen molar-refractivity contribution in [3.05, 3.63) is 42.0 Å². The van der Waals surface area contributed by atoms with Gasteiger partial charge in [0, 0.05) is 6.26 Å². The van der Waals surface area contributed by atoms with Gasteiger partial charge < -0.3 is 9.84 Å². The predicted molar refractivity (Wildman–Crippen MR) is 78.6 cm³/mol. The van der Waals surface area contributed by atoms with E-state index in [9.17, 15) is 18.3 Å². The molecule has 0 atom stereocenters. The smallest absolute Gasteiger partial charge is 0.175 e. The van der Waals surface area contributed by atoms with Gasteiger partial charge in [0.15, 0.2) is 27.6 Å². The maximum Gasteiger partial charge on any atom is 0.175 e. The molecule has 21 heavy (non-hydrogen) atoms. The van der Waals surface area contributed by atoms with Crippen LogP contribution in [0.5, 0.6) is 11.5 Å². The third kappa shape index (κ3) is 3.05. The van der Waals surface area contributed by atoms with Gasteiger partial charge in [-0.05, 0) is 35.4 Å². The Kier molecular flexibility index (Phi) is 3.99. The number of phenolic OH excluding ortho intramolecular Hbond substituents is 1. The van der Waals surface area contributed by atoms with E-state index >= 15 is 0 Å². The number of hydrogen-bond donors (Lipinski definition) is 1. The molecule has 1 N–H and O–H groups in total. The van der Waals surface area contributed by atoms with E-state index in [1.54, 1.807) is 18.2 Å². The Balaban J connectivity index is 2.54. The fourth-order valence-corrected chi connectivity index (χ4v) is 2.57. The van der Waals surface area contributed by atoms with Crippen molar-refractivity contribution < 1.29 is 23.1 Å². The first-order valence-corrected chi connectivity index (χ1v) is 7.92. The molecule has 2 rings (SSSR count). The largest absolute Gasteiger partial charge is 0.504 e. The minimum absolute atomic E-state index is 0.108. The van der Waals surface area contributed by atoms with E-state index in [1.165, 1.54) is 25.3 Å². The molecule has 2 aromatic rings. The molecule has 0 aromatic heterocycles. The van der Waals surface area contributed by atoms with Gasteiger partial charge in [-0.3, -0.25) is 4.79 Å². The molecule has 0 saturated heterocycles. The van der Waals surface area contributed by atoms with Crippen LogP contribution in [-0.2, 0) is 9.84 Å². The third-order valence-electron chi connectivity index (χ3n) is 3.07. The first-order valence-electron chi connectivity index (χ1n) is 6.03. The summed E-state index contributed by atoms with van der Waals surface area (Å²) >= 11 is 0. The Morgan fingerprint density at radius 3 is 2.19 bits per heavy atom. The second-order valence-corrected chi connectivity index (χ2v) is 6.55. The van der Waals surface area contributed by atoms with Crippen LogP contribution in [0.3, 0.4) is 0 Å². The zero-order valence-electron chi connectivity index (χ0n) is 11.5. The summed E-state index contributed by atoms with van der Waals surface area (Å²) in [6.07, 6.45) is 1.67. The average molecular weight is 306 g/mol. The zero-order chi connectivity index (χ0) is 15.6. The average Bonchev–Trinajstić information content (AvgIpc) is 2.47. The summed E-state index contributed by atoms with van der Waals surface area (Å²) in [7, 11) is -1.87. The lowest BCUT2D eigenvalue weighted by molar-refractivity contribution is 0.112. The minimum atomic E-state index is -3.26. The molecule has 0 fully saturated rings. The number of carbonyl (C=O) groups is 1. The molecule has 0 saturated carbocycles. The van der Waals surface area contributed by atoms with Crippen molar-refractivity contribution in [1.82, 2.24) is 0 Å². The molecule has 0 spiro atoms. The monoisotopic (exact) mass is 306 g/mol. The van der Waals surface area contributed by atoms with Gasteiger partial charge in [-0.2, -0.15) is 0 Å². The molecule has 0 radical (unpaired) electrons. The molecule has 0 aliphatic carbocycles. The van der Waals surface area contributed by atoms with Crippen LogP contribution in [0.2, 0.25) is 0 Å². The van der Waals surface area contributed by atoms with E-state index in [0.717, 1.165) is 6.26 Å². The number of methoxy groups -OCH3 is 1. The van der Waals surface area contributed by atoms with Crippen molar-refractivity contribution in [2.24, 2.45) is 0 Å². The number of sulfone groups is 1. The standard InChI is InChI=1S/C15H14O5S/c1-20-14-8-11(7-12(9-16)15(14)17)10-3-5-13(6-4-10)21(2,18)19/h3-9,17H,1-2H3. The predicted octanol–water partition coefficient (Wildman–Crippen LogP) is 2.28. The van der Waals surface area contributed by atoms with Gasteiger partial charge in [-0.15, -0.1) is 0 Å². The highest BCUT2D eigenvalue weighted by atomic mass is 32.2. The highest BCUT2D eigenvalue weighted by Crippen LogP contribution is 2.34. The SMILES string of the molecule is COc1cc(-c2ccc(S(C)(=O)=O)cc2)cc(C=O)c1O. The maximum absolute atomic E-state index is 11.4. The van der Waals surface area contributed by atoms with E-state index in [1.807, 2.05) is 0 Å². The van der Waals surface area contributed by atoms with E-state index in [-0.39, 0.29) is 22.0 Å². The summed E-state index contributed by atoms with van der Waals surface area (Å²) in [5.74, 6) is -0.0363. The summed E-state index contributed by atoms with van der Waals surface area (Å²) in [6.45, 7) is 0. The molecule has 2 aromatic carbocycles. The van der Waals surface area contributed by atoms with Crippen LogP contribution in [0, 0.1) is 0 Å². The quantitative estimate of drug-likeness (QED) is 0.877. The molecule has 6 heteroatoms. The lowest BCUT2D eigenvalue weighted by Gasteiger charge is -2.09. The highest BCUT2D eigenvalue weighted by Gasteiger charge is 2.12. The van der Waals surface area contributed by atoms with Crippen LogP contribution in [0.1, 0.15) is 10.4 Å². The van der Waals surface area contributed by atoms with Gasteiger partial charge in [-0.25, -0.2) is 8.42 Å². The van der Waals surface area contributed by atoms with Crippen molar-refractivity contribution in [2.45, 2.75) is 4.90 Å². The molecule has 0 aliphatic heterocycles. The van der Waals surface area contributed by atoms with E-state index < -0.39 is 9.84 Å². The van der Waals surface area contributed by atoms with Gasteiger partial charge >= 0.3 is 0 Å². The summed E-state index contributed by atoms with van der Waals surface area (Å²) in [6, 6.07) is 9.35. The molecule has 0 unspecified atom stereocenters. The molecule has 110 valence electrons. The fraction of sp³-hybridized carbons (Fsp3) is 0.133. The minimum Gasteiger partial charge on any atom is -0.504 e. The van der Waals surface area contributed by atoms with Crippen molar-refractivity contribution >= 4 is 16.1 Å². The zero-order valence-corrected chi connectivity index (χ0v) is 12.3. The summed E-state index contributed by atoms with van der Waals surface area (Å²) in [5, 5.41) is 9.78. The number of aromatic hydroxyl groups is 1. The molecule has 0 aliphatic rings. The van der Waals surface area contributed by atoms with E-state index in [2.05, 4.69) is 0 Å². The normalized spacial score (nSPS) is 11.1. The van der Waals surface area contributed by atoms with Gasteiger partial charge in [0.1, 0.15) is 0 Å². The number of benzene rings is 2. The van der Waals surface area contributed by atoms with Crippen molar-refractivity contribution in [2.75, 3.05) is 13.4 Å². The lowest BCUT2D eigenvalue weighted by Crippen LogP contribution is -1.96. The second kappa shape index (κ2) is 5.57. The van der Waals surface area contributed by atoms with E-state index in [4.69, 9.17) is 4.74 Å². The Morgan fingerprint density at radius 2 is 1.71 bits per heavy atom. The Bertz CT molecular complexity index is 776. The Labute approximate surface area is 122 Å². The van der Waals surface area contributed by atoms with Gasteiger partial charge in [0.05, 0.1) is 17.6 Å². The number of carbonyl (C=O) groups excluding carboxylic acids is 1. The summed E-state index contributed by atoms with van der Waals surface area (Å²) in [5.41, 5.74) is 1.46. The van der Waals surface area contributed by atoms with Crippen molar-refractivity contribution in [3.63, 3.8) is 0 Å². The number of hydrogen-bond acceptors (Lipinski definition) is 5. The highest BCUT2D eigenvalue weighted by molar-refractivity contribution is 7.90. The molecule has 0 bridgehead atoms. The number of rotatable bonds is 4. The van der Waals surface area contributed by atoms with E-state index in [0.29, 0.717) is 17.4 Å². The molecular formula is C15H14O5S. The van der Waals surface area contributed by atoms with Crippen LogP contribution < -0.4 is 4.74 Å². The number of phenols is 1. The second-order valence-electron chi connectivity index (χ2n) is 4.53. The van der Waals surface area contributed by atoms with Crippen LogP contribution in [0.25, 0.3) is 11.1 Å². The number of ether oxygens (including phenoxy) is 1. The topological polar surface area (TPSA) is 80.7 Å². The maximum atomic E-state index is 11.4. The Morgan fingerprint density at radius 1 is 1.10 bits per heavy atom. The first kappa shape index (κ1) is 15.1. The third-order valence-corrected chi connectivity index (χ3v) is 4.20. The fourth-order valence-electron chi connectivity index (χ4n) is 1.94. The van der Waals surface area contributed by atoms with Gasteiger partial charge in [-0.1, -0.05) is 12.1 Å². The Hall–Kier alpha value is -2.34. The molecule has 5 nitrogen and oxygen atoms in total. The van der Waals surface area contributed by atoms with Crippen molar-refractivity contribution in [3.8, 4) is 22.6 Å². The molecule has 0 amide bonds. The number of aldehydes is 1. The summed E-state index contributed by atoms with van der Waals surface area (Å²) in [4.78, 5) is 11.2. The van der Waals surface area contributed by atoms with Crippen LogP contribution in [0.4, 0.5) is 0 Å². The van der Waals surface area contributed by atoms with Crippen molar-refractivity contribution in [1.29, 1.82) is 0 Å². The van der Waals surface area contributed by atoms with Gasteiger partial charge in [0.2, 0.25) is 0 Å². The van der Waals surface area contributed by atoms with Crippen LogP contribution in [0.15, 0.2) is 41.3 Å². The lowest BCUT2D eigenvalue weighted by atomic mass is 10.0. The molecule has 0 heterocycles. The van der Waals surface area contributed by atoms with Crippen LogP contribution >= 0.6 is 0 Å². The molecular weight excluding hydrogens is 292 g/mol.